The van der Waals surface area contributed by atoms with Crippen LogP contribution < -0.4 is 0 Å². The average molecular weight is 209 g/mol. The number of morpholine rings is 1. The van der Waals surface area contributed by atoms with Gasteiger partial charge in [-0.2, -0.15) is 5.10 Å². The van der Waals surface area contributed by atoms with Gasteiger partial charge in [-0.15, -0.1) is 0 Å². The molecule has 0 N–H and O–H groups in total. The summed E-state index contributed by atoms with van der Waals surface area (Å²) in [5.74, 6) is 0. The number of nitrogens with zero attached hydrogens (tertiary/aromatic N) is 3. The quantitative estimate of drug-likeness (QED) is 0.656. The lowest BCUT2D eigenvalue weighted by Crippen LogP contribution is -2.38. The van der Waals surface area contributed by atoms with Gasteiger partial charge in [0.05, 0.1) is 19.8 Å². The van der Waals surface area contributed by atoms with Crippen molar-refractivity contribution in [1.29, 1.82) is 0 Å². The maximum Gasteiger partial charge on any atom is 0.170 e. The highest BCUT2D eigenvalue weighted by molar-refractivity contribution is 5.71. The molecule has 82 valence electrons. The standard InChI is InChI=1S/C10H15N3O2/c14-9-10-1-2-13(11-10)4-3-12-5-7-15-8-6-12/h1-2,9H,3-8H2. The van der Waals surface area contributed by atoms with E-state index in [0.29, 0.717) is 5.69 Å². The molecule has 1 saturated heterocycles. The van der Waals surface area contributed by atoms with Crippen LogP contribution in [0.4, 0.5) is 0 Å². The van der Waals surface area contributed by atoms with E-state index in [4.69, 9.17) is 4.74 Å². The molecule has 2 rings (SSSR count). The molecule has 0 unspecified atom stereocenters. The maximum absolute atomic E-state index is 10.4. The summed E-state index contributed by atoms with van der Waals surface area (Å²) < 4.78 is 7.07. The predicted molar refractivity (Wildman–Crippen MR) is 54.9 cm³/mol. The van der Waals surface area contributed by atoms with E-state index in [1.165, 1.54) is 0 Å². The minimum atomic E-state index is 0.497. The number of carbonyl (C=O) groups excluding carboxylic acids is 1. The summed E-state index contributed by atoms with van der Waals surface area (Å²) in [5, 5.41) is 4.10. The first kappa shape index (κ1) is 10.3. The lowest BCUT2D eigenvalue weighted by molar-refractivity contribution is 0.0359. The molecule has 0 aliphatic carbocycles. The summed E-state index contributed by atoms with van der Waals surface area (Å²) in [6.45, 7) is 5.40. The Hall–Kier alpha value is -1.20. The van der Waals surface area contributed by atoms with Crippen molar-refractivity contribution in [2.75, 3.05) is 32.8 Å². The molecule has 2 heterocycles. The van der Waals surface area contributed by atoms with Crippen LogP contribution in [0.5, 0.6) is 0 Å². The van der Waals surface area contributed by atoms with Crippen LogP contribution in [0.2, 0.25) is 0 Å². The summed E-state index contributed by atoms with van der Waals surface area (Å²) in [5.41, 5.74) is 0.497. The van der Waals surface area contributed by atoms with E-state index in [0.717, 1.165) is 45.7 Å². The smallest absolute Gasteiger partial charge is 0.170 e. The van der Waals surface area contributed by atoms with Gasteiger partial charge in [0.15, 0.2) is 6.29 Å². The van der Waals surface area contributed by atoms with Gasteiger partial charge in [0.2, 0.25) is 0 Å². The first-order valence-electron chi connectivity index (χ1n) is 5.17. The fourth-order valence-corrected chi connectivity index (χ4v) is 1.63. The Bertz CT molecular complexity index is 318. The lowest BCUT2D eigenvalue weighted by Gasteiger charge is -2.26. The third-order valence-corrected chi connectivity index (χ3v) is 2.53. The first-order chi connectivity index (χ1) is 7.38. The summed E-state index contributed by atoms with van der Waals surface area (Å²) >= 11 is 0. The van der Waals surface area contributed by atoms with Crippen molar-refractivity contribution < 1.29 is 9.53 Å². The topological polar surface area (TPSA) is 47.4 Å². The fourth-order valence-electron chi connectivity index (χ4n) is 1.63. The predicted octanol–water partition coefficient (Wildman–Crippen LogP) is 0.0278. The monoisotopic (exact) mass is 209 g/mol. The van der Waals surface area contributed by atoms with Crippen LogP contribution >= 0.6 is 0 Å². The Balaban J connectivity index is 1.79. The number of rotatable bonds is 4. The van der Waals surface area contributed by atoms with Crippen molar-refractivity contribution in [2.24, 2.45) is 0 Å². The molecule has 5 heteroatoms. The molecular formula is C10H15N3O2. The third-order valence-electron chi connectivity index (χ3n) is 2.53. The molecule has 0 saturated carbocycles. The Morgan fingerprint density at radius 3 is 2.87 bits per heavy atom. The van der Waals surface area contributed by atoms with Gasteiger partial charge in [0.1, 0.15) is 5.69 Å². The van der Waals surface area contributed by atoms with E-state index >= 15 is 0 Å². The van der Waals surface area contributed by atoms with Crippen molar-refractivity contribution in [3.8, 4) is 0 Å². The molecule has 1 fully saturated rings. The van der Waals surface area contributed by atoms with E-state index in [9.17, 15) is 4.79 Å². The summed E-state index contributed by atoms with van der Waals surface area (Å²) in [7, 11) is 0. The Labute approximate surface area is 88.6 Å². The van der Waals surface area contributed by atoms with Crippen LogP contribution in [0.25, 0.3) is 0 Å². The molecule has 1 aliphatic rings. The van der Waals surface area contributed by atoms with Gasteiger partial charge in [-0.3, -0.25) is 14.4 Å². The molecular weight excluding hydrogens is 194 g/mol. The number of ether oxygens (including phenoxy) is 1. The van der Waals surface area contributed by atoms with E-state index in [1.807, 2.05) is 6.20 Å². The SMILES string of the molecule is O=Cc1ccn(CCN2CCOCC2)n1. The molecule has 15 heavy (non-hydrogen) atoms. The van der Waals surface area contributed by atoms with Crippen LogP contribution in [-0.4, -0.2) is 53.8 Å². The van der Waals surface area contributed by atoms with E-state index in [2.05, 4.69) is 10.00 Å². The molecule has 0 spiro atoms. The van der Waals surface area contributed by atoms with Gasteiger partial charge in [0.25, 0.3) is 0 Å². The van der Waals surface area contributed by atoms with Crippen molar-refractivity contribution in [3.05, 3.63) is 18.0 Å². The first-order valence-corrected chi connectivity index (χ1v) is 5.17. The molecule has 1 aromatic heterocycles. The van der Waals surface area contributed by atoms with E-state index in [-0.39, 0.29) is 0 Å². The van der Waals surface area contributed by atoms with Crippen LogP contribution in [0, 0.1) is 0 Å². The van der Waals surface area contributed by atoms with Gasteiger partial charge in [0, 0.05) is 25.8 Å². The summed E-state index contributed by atoms with van der Waals surface area (Å²) in [6.07, 6.45) is 2.61. The molecule has 1 aliphatic heterocycles. The van der Waals surface area contributed by atoms with Gasteiger partial charge in [-0.1, -0.05) is 0 Å². The zero-order valence-corrected chi connectivity index (χ0v) is 8.63. The Kier molecular flexibility index (Phi) is 3.47. The molecule has 0 radical (unpaired) electrons. The van der Waals surface area contributed by atoms with Crippen LogP contribution in [0.3, 0.4) is 0 Å². The molecule has 0 atom stereocenters. The molecule has 0 amide bonds. The van der Waals surface area contributed by atoms with Gasteiger partial charge >= 0.3 is 0 Å². The zero-order chi connectivity index (χ0) is 10.5. The highest BCUT2D eigenvalue weighted by Gasteiger charge is 2.09. The third kappa shape index (κ3) is 2.87. The molecule has 5 nitrogen and oxygen atoms in total. The number of aromatic nitrogens is 2. The fraction of sp³-hybridized carbons (Fsp3) is 0.600. The van der Waals surface area contributed by atoms with Crippen molar-refractivity contribution in [2.45, 2.75) is 6.54 Å². The highest BCUT2D eigenvalue weighted by atomic mass is 16.5. The van der Waals surface area contributed by atoms with Crippen molar-refractivity contribution in [1.82, 2.24) is 14.7 Å². The highest BCUT2D eigenvalue weighted by Crippen LogP contribution is 1.98. The Morgan fingerprint density at radius 2 is 2.20 bits per heavy atom. The van der Waals surface area contributed by atoms with Gasteiger partial charge in [-0.25, -0.2) is 0 Å². The molecule has 0 aromatic carbocycles. The second-order valence-corrected chi connectivity index (χ2v) is 3.58. The maximum atomic E-state index is 10.4. The number of hydrogen-bond acceptors (Lipinski definition) is 4. The number of hydrogen-bond donors (Lipinski definition) is 0. The largest absolute Gasteiger partial charge is 0.379 e. The van der Waals surface area contributed by atoms with Crippen molar-refractivity contribution >= 4 is 6.29 Å². The van der Waals surface area contributed by atoms with Gasteiger partial charge < -0.3 is 4.74 Å². The number of aldehydes is 1. The van der Waals surface area contributed by atoms with E-state index in [1.54, 1.807) is 10.7 Å². The minimum Gasteiger partial charge on any atom is -0.379 e. The van der Waals surface area contributed by atoms with Crippen LogP contribution in [0.15, 0.2) is 12.3 Å². The van der Waals surface area contributed by atoms with Gasteiger partial charge in [-0.05, 0) is 6.07 Å². The number of carbonyl (C=O) groups is 1. The average Bonchev–Trinajstić information content (AvgIpc) is 2.76. The van der Waals surface area contributed by atoms with Crippen molar-refractivity contribution in [3.63, 3.8) is 0 Å². The molecule has 1 aromatic rings. The summed E-state index contributed by atoms with van der Waals surface area (Å²) in [6, 6.07) is 1.73. The van der Waals surface area contributed by atoms with Crippen LogP contribution in [0.1, 0.15) is 10.5 Å². The molecule has 0 bridgehead atoms. The zero-order valence-electron chi connectivity index (χ0n) is 8.63. The van der Waals surface area contributed by atoms with E-state index < -0.39 is 0 Å². The second kappa shape index (κ2) is 5.04. The lowest BCUT2D eigenvalue weighted by atomic mass is 10.4. The van der Waals surface area contributed by atoms with Crippen LogP contribution in [-0.2, 0) is 11.3 Å². The summed E-state index contributed by atoms with van der Waals surface area (Å²) in [4.78, 5) is 12.8. The second-order valence-electron chi connectivity index (χ2n) is 3.58. The Morgan fingerprint density at radius 1 is 1.40 bits per heavy atom. The normalized spacial score (nSPS) is 17.9. The minimum absolute atomic E-state index is 0.497.